The first-order valence-corrected chi connectivity index (χ1v) is 9.63. The van der Waals surface area contributed by atoms with Crippen molar-refractivity contribution in [2.75, 3.05) is 0 Å². The highest BCUT2D eigenvalue weighted by atomic mass is 79.9. The van der Waals surface area contributed by atoms with Crippen LogP contribution >= 0.6 is 15.9 Å². The van der Waals surface area contributed by atoms with Gasteiger partial charge in [-0.05, 0) is 49.6 Å². The minimum Gasteiger partial charge on any atom is -0.354 e. The van der Waals surface area contributed by atoms with Crippen molar-refractivity contribution in [1.29, 1.82) is 0 Å². The Labute approximate surface area is 163 Å². The molecule has 4 N–H and O–H groups in total. The van der Waals surface area contributed by atoms with Crippen LogP contribution in [0.25, 0.3) is 0 Å². The van der Waals surface area contributed by atoms with Crippen LogP contribution in [0.1, 0.15) is 37.4 Å². The summed E-state index contributed by atoms with van der Waals surface area (Å²) in [4.78, 5) is 4.82. The molecule has 2 aromatic rings. The van der Waals surface area contributed by atoms with Crippen molar-refractivity contribution in [3.8, 4) is 0 Å². The fourth-order valence-corrected chi connectivity index (χ4v) is 3.58. The summed E-state index contributed by atoms with van der Waals surface area (Å²) in [6.45, 7) is 4.11. The predicted molar refractivity (Wildman–Crippen MR) is 112 cm³/mol. The van der Waals surface area contributed by atoms with Gasteiger partial charge >= 0.3 is 0 Å². The third kappa shape index (κ3) is 4.96. The molecule has 0 aliphatic carbocycles. The van der Waals surface area contributed by atoms with Gasteiger partial charge in [0.25, 0.3) is 0 Å². The molecule has 4 nitrogen and oxygen atoms in total. The second-order valence-corrected chi connectivity index (χ2v) is 7.70. The van der Waals surface area contributed by atoms with E-state index in [4.69, 9.17) is 10.7 Å². The standard InChI is InChI=1S/C21H25BrN4/c1-15-13-20(24-16(2)18-8-4-3-5-9-18)26-21(23,25-15)12-11-17-7-6-10-19(22)14-17/h3-10,13-14,16,25H,11-12,23H2,1-2H3,(H,24,26)/t16-,21?/m0/s1. The molecular formula is C21H25BrN4. The summed E-state index contributed by atoms with van der Waals surface area (Å²) in [5.41, 5.74) is 10.0. The highest BCUT2D eigenvalue weighted by Gasteiger charge is 2.28. The minimum atomic E-state index is -0.712. The van der Waals surface area contributed by atoms with Gasteiger partial charge in [0.15, 0.2) is 5.79 Å². The number of aryl methyl sites for hydroxylation is 1. The van der Waals surface area contributed by atoms with Gasteiger partial charge in [-0.25, -0.2) is 0 Å². The summed E-state index contributed by atoms with van der Waals surface area (Å²) in [5, 5.41) is 6.73. The van der Waals surface area contributed by atoms with Crippen LogP contribution in [-0.2, 0) is 6.42 Å². The van der Waals surface area contributed by atoms with Gasteiger partial charge in [0.05, 0.1) is 6.04 Å². The number of allylic oxidation sites excluding steroid dienone is 1. The third-order valence-corrected chi connectivity index (χ3v) is 4.93. The summed E-state index contributed by atoms with van der Waals surface area (Å²) < 4.78 is 1.08. The lowest BCUT2D eigenvalue weighted by molar-refractivity contribution is 0.306. The SMILES string of the molecule is CC1=CC(=N[C@@H](C)c2ccccc2)NC(N)(CCc2cccc(Br)c2)N1. The van der Waals surface area contributed by atoms with Crippen LogP contribution in [0.4, 0.5) is 0 Å². The zero-order chi connectivity index (χ0) is 18.6. The van der Waals surface area contributed by atoms with Gasteiger partial charge in [0, 0.05) is 16.6 Å². The molecule has 0 amide bonds. The summed E-state index contributed by atoms with van der Waals surface area (Å²) in [7, 11) is 0. The normalized spacial score (nSPS) is 22.3. The zero-order valence-corrected chi connectivity index (χ0v) is 16.8. The van der Waals surface area contributed by atoms with E-state index in [1.807, 2.05) is 43.3 Å². The quantitative estimate of drug-likeness (QED) is 0.687. The van der Waals surface area contributed by atoms with Crippen LogP contribution in [0.5, 0.6) is 0 Å². The number of nitrogens with zero attached hydrogens (tertiary/aromatic N) is 1. The number of benzene rings is 2. The number of nitrogens with two attached hydrogens (primary N) is 1. The number of halogens is 1. The Hall–Kier alpha value is -2.11. The molecule has 0 fully saturated rings. The van der Waals surface area contributed by atoms with E-state index in [-0.39, 0.29) is 6.04 Å². The number of hydrogen-bond acceptors (Lipinski definition) is 3. The second kappa shape index (κ2) is 8.06. The maximum atomic E-state index is 6.58. The Bertz CT molecular complexity index is 816. The van der Waals surface area contributed by atoms with Crippen molar-refractivity contribution in [3.63, 3.8) is 0 Å². The van der Waals surface area contributed by atoms with E-state index in [1.165, 1.54) is 11.1 Å². The molecule has 26 heavy (non-hydrogen) atoms. The number of nitrogens with one attached hydrogen (secondary N) is 2. The number of rotatable bonds is 5. The molecule has 0 bridgehead atoms. The topological polar surface area (TPSA) is 62.4 Å². The molecule has 2 atom stereocenters. The molecule has 136 valence electrons. The Kier molecular flexibility index (Phi) is 5.79. The molecule has 1 heterocycles. The van der Waals surface area contributed by atoms with E-state index < -0.39 is 5.79 Å². The van der Waals surface area contributed by atoms with Crippen molar-refractivity contribution in [2.45, 2.75) is 38.5 Å². The second-order valence-electron chi connectivity index (χ2n) is 6.78. The maximum absolute atomic E-state index is 6.58. The monoisotopic (exact) mass is 412 g/mol. The number of amidine groups is 1. The van der Waals surface area contributed by atoms with Gasteiger partial charge in [-0.2, -0.15) is 0 Å². The average Bonchev–Trinajstić information content (AvgIpc) is 2.60. The molecule has 2 aromatic carbocycles. The Morgan fingerprint density at radius 1 is 1.12 bits per heavy atom. The lowest BCUT2D eigenvalue weighted by Crippen LogP contribution is -2.67. The van der Waals surface area contributed by atoms with E-state index >= 15 is 0 Å². The average molecular weight is 413 g/mol. The van der Waals surface area contributed by atoms with Crippen LogP contribution in [0.15, 0.2) is 75.8 Å². The molecule has 0 saturated heterocycles. The summed E-state index contributed by atoms with van der Waals surface area (Å²) in [6, 6.07) is 18.7. The zero-order valence-electron chi connectivity index (χ0n) is 15.2. The number of aliphatic imine (C=N–C) groups is 1. The lowest BCUT2D eigenvalue weighted by atomic mass is 10.0. The molecule has 0 saturated carbocycles. The number of hydrogen-bond donors (Lipinski definition) is 3. The van der Waals surface area contributed by atoms with Gasteiger partial charge in [0.2, 0.25) is 0 Å². The van der Waals surface area contributed by atoms with Crippen LogP contribution in [0, 0.1) is 0 Å². The molecule has 5 heteroatoms. The van der Waals surface area contributed by atoms with Crippen molar-refractivity contribution < 1.29 is 0 Å². The van der Waals surface area contributed by atoms with E-state index in [0.717, 1.165) is 28.8 Å². The molecule has 1 unspecified atom stereocenters. The maximum Gasteiger partial charge on any atom is 0.162 e. The van der Waals surface area contributed by atoms with E-state index in [1.54, 1.807) is 0 Å². The van der Waals surface area contributed by atoms with Crippen molar-refractivity contribution in [2.24, 2.45) is 10.7 Å². The first-order valence-electron chi connectivity index (χ1n) is 8.84. The van der Waals surface area contributed by atoms with Crippen LogP contribution < -0.4 is 16.4 Å². The van der Waals surface area contributed by atoms with Gasteiger partial charge in [-0.15, -0.1) is 0 Å². The minimum absolute atomic E-state index is 0.0650. The van der Waals surface area contributed by atoms with E-state index in [2.05, 4.69) is 57.8 Å². The van der Waals surface area contributed by atoms with Crippen LogP contribution in [0.3, 0.4) is 0 Å². The molecule has 1 aliphatic rings. The Balaban J connectivity index is 1.72. The van der Waals surface area contributed by atoms with Crippen molar-refractivity contribution in [3.05, 3.63) is 82.0 Å². The molecule has 0 radical (unpaired) electrons. The first kappa shape index (κ1) is 18.7. The van der Waals surface area contributed by atoms with Crippen LogP contribution in [0.2, 0.25) is 0 Å². The van der Waals surface area contributed by atoms with E-state index in [9.17, 15) is 0 Å². The molecule has 0 aromatic heterocycles. The van der Waals surface area contributed by atoms with Crippen molar-refractivity contribution >= 4 is 21.8 Å². The highest BCUT2D eigenvalue weighted by Crippen LogP contribution is 2.19. The first-order chi connectivity index (χ1) is 12.4. The Morgan fingerprint density at radius 2 is 1.88 bits per heavy atom. The van der Waals surface area contributed by atoms with Gasteiger partial charge in [-0.3, -0.25) is 10.7 Å². The van der Waals surface area contributed by atoms with Gasteiger partial charge in [0.1, 0.15) is 5.84 Å². The van der Waals surface area contributed by atoms with Gasteiger partial charge < -0.3 is 10.6 Å². The smallest absolute Gasteiger partial charge is 0.162 e. The molecule has 1 aliphatic heterocycles. The summed E-state index contributed by atoms with van der Waals surface area (Å²) in [5.74, 6) is 0.102. The lowest BCUT2D eigenvalue weighted by Gasteiger charge is -2.37. The van der Waals surface area contributed by atoms with Gasteiger partial charge in [-0.1, -0.05) is 58.4 Å². The van der Waals surface area contributed by atoms with Crippen molar-refractivity contribution in [1.82, 2.24) is 10.6 Å². The summed E-state index contributed by atoms with van der Waals surface area (Å²) >= 11 is 3.52. The largest absolute Gasteiger partial charge is 0.354 e. The molecule has 3 rings (SSSR count). The fraction of sp³-hybridized carbons (Fsp3) is 0.286. The Morgan fingerprint density at radius 3 is 2.62 bits per heavy atom. The summed E-state index contributed by atoms with van der Waals surface area (Å²) in [6.07, 6.45) is 3.61. The molecular weight excluding hydrogens is 388 g/mol. The van der Waals surface area contributed by atoms with E-state index in [0.29, 0.717) is 0 Å². The fourth-order valence-electron chi connectivity index (χ4n) is 3.13. The predicted octanol–water partition coefficient (Wildman–Crippen LogP) is 4.25. The highest BCUT2D eigenvalue weighted by molar-refractivity contribution is 9.10. The third-order valence-electron chi connectivity index (χ3n) is 4.44. The molecule has 0 spiro atoms. The van der Waals surface area contributed by atoms with Crippen LogP contribution in [-0.4, -0.2) is 11.6 Å².